The van der Waals surface area contributed by atoms with Crippen LogP contribution in [-0.4, -0.2) is 35.0 Å². The minimum Gasteiger partial charge on any atom is -0.496 e. The molecule has 0 aliphatic rings. The van der Waals surface area contributed by atoms with Gasteiger partial charge in [0.1, 0.15) is 23.0 Å². The van der Waals surface area contributed by atoms with E-state index < -0.39 is 8.24 Å². The van der Waals surface area contributed by atoms with Gasteiger partial charge in [0.2, 0.25) is 0 Å². The lowest BCUT2D eigenvalue weighted by Crippen LogP contribution is -1.99. The van der Waals surface area contributed by atoms with Gasteiger partial charge in [-0.2, -0.15) is 0 Å². The minimum absolute atomic E-state index is 0.358. The molecule has 1 heterocycles. The molecule has 0 saturated heterocycles. The molecule has 1 atom stereocenters. The lowest BCUT2D eigenvalue weighted by Gasteiger charge is -2.17. The standard InChI is InChI=1S/C59H47O7P/c1-34(35-15-7-6-8-16-35)14-13-29-64-67-65-58-44(30-50(62-4)46-32-48(60-2)42-27-25-38-23-21-36-17-9-11-19-40(36)52(38)54(42)56(46)58)45-31-51(63-5)47-33-49(61-3)43-28-26-39-24-22-37-18-10-12-20-41(37)53(39)55(43)57(47)59(45)66-67/h6-12,15-28,30-34H,13-14,29H2,1-5H3/t34-/m0/s1. The molecule has 0 aliphatic heterocycles. The van der Waals surface area contributed by atoms with E-state index in [0.29, 0.717) is 35.2 Å². The highest BCUT2D eigenvalue weighted by Gasteiger charge is 2.25. The van der Waals surface area contributed by atoms with Gasteiger partial charge in [0, 0.05) is 53.9 Å². The zero-order valence-electron chi connectivity index (χ0n) is 37.9. The molecule has 0 saturated carbocycles. The second-order valence-corrected chi connectivity index (χ2v) is 18.4. The van der Waals surface area contributed by atoms with Crippen LogP contribution >= 0.6 is 8.24 Å². The molecule has 0 amide bonds. The Bertz CT molecular complexity index is 3780. The van der Waals surface area contributed by atoms with E-state index in [2.05, 4.69) is 159 Å². The summed E-state index contributed by atoms with van der Waals surface area (Å²) in [6.07, 6.45) is 1.75. The SMILES string of the molecule is COc1cc2c3cc(OC)c4cc(OC)c5ccc6ccc7ccccc7c6c5c4c3op(OCCC[C@H](C)c3ccccc3)oc2c2c1cc(OC)c1ccc3ccc4ccccc4c3c12. The third-order valence-electron chi connectivity index (χ3n) is 13.8. The van der Waals surface area contributed by atoms with Gasteiger partial charge in [0.25, 0.3) is 0 Å². The molecule has 12 rings (SSSR count). The van der Waals surface area contributed by atoms with Crippen molar-refractivity contribution in [3.8, 4) is 23.0 Å². The Balaban J connectivity index is 1.28. The van der Waals surface area contributed by atoms with E-state index in [4.69, 9.17) is 31.9 Å². The molecule has 7 nitrogen and oxygen atoms in total. The molecule has 8 heteroatoms. The lowest BCUT2D eigenvalue weighted by atomic mass is 9.90. The van der Waals surface area contributed by atoms with Crippen molar-refractivity contribution in [1.29, 1.82) is 0 Å². The molecule has 12 aromatic rings. The maximum atomic E-state index is 7.38. The van der Waals surface area contributed by atoms with Crippen molar-refractivity contribution < 1.29 is 31.9 Å². The van der Waals surface area contributed by atoms with E-state index in [9.17, 15) is 0 Å². The molecular weight excluding hydrogens is 852 g/mol. The van der Waals surface area contributed by atoms with Gasteiger partial charge in [0.15, 0.2) is 11.2 Å². The smallest absolute Gasteiger partial charge is 0.387 e. The number of benzene rings is 11. The maximum absolute atomic E-state index is 7.38. The van der Waals surface area contributed by atoms with E-state index in [1.54, 1.807) is 28.4 Å². The number of hydrogen-bond acceptors (Lipinski definition) is 7. The normalized spacial score (nSPS) is 12.4. The van der Waals surface area contributed by atoms with Gasteiger partial charge in [-0.05, 0) is 104 Å². The van der Waals surface area contributed by atoms with Crippen LogP contribution in [0, 0.1) is 0 Å². The van der Waals surface area contributed by atoms with Crippen LogP contribution in [0.4, 0.5) is 0 Å². The van der Waals surface area contributed by atoms with Gasteiger partial charge < -0.3 is 27.3 Å². The maximum Gasteiger partial charge on any atom is 0.387 e. The summed E-state index contributed by atoms with van der Waals surface area (Å²) in [7, 11) is 4.82. The summed E-state index contributed by atoms with van der Waals surface area (Å²) in [6, 6.07) is 53.4. The lowest BCUT2D eigenvalue weighted by molar-refractivity contribution is 0.355. The van der Waals surface area contributed by atoms with E-state index in [1.165, 1.54) is 5.56 Å². The van der Waals surface area contributed by atoms with Crippen LogP contribution in [0.15, 0.2) is 160 Å². The fourth-order valence-corrected chi connectivity index (χ4v) is 11.7. The molecule has 67 heavy (non-hydrogen) atoms. The molecule has 330 valence electrons. The summed E-state index contributed by atoms with van der Waals surface area (Å²) < 4.78 is 46.8. The second kappa shape index (κ2) is 16.5. The third-order valence-corrected chi connectivity index (χ3v) is 14.9. The Morgan fingerprint density at radius 1 is 0.403 bits per heavy atom. The minimum atomic E-state index is -2.06. The molecule has 0 unspecified atom stereocenters. The van der Waals surface area contributed by atoms with Crippen molar-refractivity contribution in [3.63, 3.8) is 0 Å². The van der Waals surface area contributed by atoms with Gasteiger partial charge in [-0.25, -0.2) is 0 Å². The molecule has 0 radical (unpaired) electrons. The summed E-state index contributed by atoms with van der Waals surface area (Å²) in [5.41, 5.74) is 2.59. The van der Waals surface area contributed by atoms with Gasteiger partial charge in [0.05, 0.1) is 35.0 Å². The van der Waals surface area contributed by atoms with Crippen LogP contribution in [0.2, 0.25) is 0 Å². The predicted octanol–water partition coefficient (Wildman–Crippen LogP) is 16.6. The molecular formula is C59H47O7P. The van der Waals surface area contributed by atoms with Gasteiger partial charge in [-0.15, -0.1) is 0 Å². The Labute approximate surface area is 387 Å². The Hall–Kier alpha value is -7.44. The highest BCUT2D eigenvalue weighted by molar-refractivity contribution is 7.31. The topological polar surface area (TPSA) is 72.4 Å². The van der Waals surface area contributed by atoms with E-state index in [0.717, 1.165) is 121 Å². The first-order valence-corrected chi connectivity index (χ1v) is 23.8. The summed E-state index contributed by atoms with van der Waals surface area (Å²) in [6.45, 7) is 2.70. The Morgan fingerprint density at radius 2 is 0.821 bits per heavy atom. The molecule has 1 aromatic heterocycles. The third kappa shape index (κ3) is 6.52. The Morgan fingerprint density at radius 3 is 1.31 bits per heavy atom. The Kier molecular flexibility index (Phi) is 10.1. The average Bonchev–Trinajstić information content (AvgIpc) is 3.54. The van der Waals surface area contributed by atoms with E-state index in [1.807, 2.05) is 0 Å². The molecule has 0 aliphatic carbocycles. The highest BCUT2D eigenvalue weighted by atomic mass is 31.1. The van der Waals surface area contributed by atoms with Gasteiger partial charge in [-0.1, -0.05) is 122 Å². The fourth-order valence-electron chi connectivity index (χ4n) is 10.6. The van der Waals surface area contributed by atoms with Crippen LogP contribution in [0.5, 0.6) is 23.0 Å². The first kappa shape index (κ1) is 41.0. The summed E-state index contributed by atoms with van der Waals surface area (Å²) >= 11 is 0. The zero-order chi connectivity index (χ0) is 45.3. The quantitative estimate of drug-likeness (QED) is 0.1000. The van der Waals surface area contributed by atoms with Gasteiger partial charge >= 0.3 is 8.24 Å². The summed E-state index contributed by atoms with van der Waals surface area (Å²) in [4.78, 5) is 0. The van der Waals surface area contributed by atoms with E-state index >= 15 is 0 Å². The molecule has 0 spiro atoms. The highest BCUT2D eigenvalue weighted by Crippen LogP contribution is 2.52. The van der Waals surface area contributed by atoms with Crippen LogP contribution < -0.4 is 23.5 Å². The fraction of sp³-hybridized carbons (Fsp3) is 0.153. The number of methoxy groups -OCH3 is 4. The number of fused-ring (bicyclic) bond motifs is 19. The first-order valence-electron chi connectivity index (χ1n) is 22.7. The van der Waals surface area contributed by atoms with E-state index in [-0.39, 0.29) is 0 Å². The van der Waals surface area contributed by atoms with Crippen molar-refractivity contribution in [1.82, 2.24) is 0 Å². The molecule has 0 N–H and O–H groups in total. The second-order valence-electron chi connectivity index (χ2n) is 17.4. The average molecular weight is 899 g/mol. The zero-order valence-corrected chi connectivity index (χ0v) is 38.8. The summed E-state index contributed by atoms with van der Waals surface area (Å²) in [5, 5.41) is 17.9. The van der Waals surface area contributed by atoms with Crippen LogP contribution in [0.1, 0.15) is 31.2 Å². The van der Waals surface area contributed by atoms with Gasteiger partial charge in [-0.3, -0.25) is 4.52 Å². The van der Waals surface area contributed by atoms with Crippen molar-refractivity contribution in [2.45, 2.75) is 25.7 Å². The van der Waals surface area contributed by atoms with Crippen LogP contribution in [-0.2, 0) is 0 Å². The van der Waals surface area contributed by atoms with Crippen LogP contribution in [0.3, 0.4) is 0 Å². The van der Waals surface area contributed by atoms with Crippen molar-refractivity contribution in [2.24, 2.45) is 0 Å². The number of ether oxygens (including phenoxy) is 4. The first-order chi connectivity index (χ1) is 33.0. The predicted molar refractivity (Wildman–Crippen MR) is 278 cm³/mol. The monoisotopic (exact) mass is 898 g/mol. The van der Waals surface area contributed by atoms with Crippen molar-refractivity contribution >= 4 is 116 Å². The molecule has 0 fully saturated rings. The van der Waals surface area contributed by atoms with Crippen molar-refractivity contribution in [2.75, 3.05) is 35.0 Å². The largest absolute Gasteiger partial charge is 0.496 e. The van der Waals surface area contributed by atoms with Crippen LogP contribution in [0.25, 0.3) is 108 Å². The number of hydrogen-bond donors (Lipinski definition) is 0. The number of rotatable bonds is 10. The summed E-state index contributed by atoms with van der Waals surface area (Å²) in [5.74, 6) is 3.16. The van der Waals surface area contributed by atoms with Crippen molar-refractivity contribution in [3.05, 3.63) is 157 Å². The molecule has 0 bridgehead atoms. The molecule has 11 aromatic carbocycles.